The number of nitrogens with zero attached hydrogens (tertiary/aromatic N) is 1. The lowest BCUT2D eigenvalue weighted by molar-refractivity contribution is 0.487. The zero-order valence-corrected chi connectivity index (χ0v) is 38.2. The summed E-state index contributed by atoms with van der Waals surface area (Å²) in [5.74, 6) is 1.87. The van der Waals surface area contributed by atoms with Gasteiger partial charge >= 0.3 is 0 Å². The predicted octanol–water partition coefficient (Wildman–Crippen LogP) is 10.3. The van der Waals surface area contributed by atoms with Gasteiger partial charge in [-0.25, -0.2) is 0 Å². The van der Waals surface area contributed by atoms with Crippen molar-refractivity contribution in [3.05, 3.63) is 261 Å². The van der Waals surface area contributed by atoms with E-state index in [4.69, 9.17) is 4.74 Å². The molecule has 310 valence electrons. The van der Waals surface area contributed by atoms with Crippen LogP contribution in [-0.2, 0) is 0 Å². The minimum atomic E-state index is -3.13. The molecule has 0 atom stereocenters. The standard InChI is InChI=1S/C62H43NOSi2/c1-4-18-44(19-5-1)45-34-36-48(37-35-45)63(49-38-40-54-47(42-49)33-32-46-20-10-11-25-53(46)54)50-39-41-56-62(43-50)66(57-27-13-12-26-55(57)64-56)60-30-16-14-28-58(60)65(51-21-6-2-7-22-51,52-23-8-3-9-24-52)59-29-15-17-31-61(59)66/h1-43H. The first-order valence-corrected chi connectivity index (χ1v) is 26.8. The summed E-state index contributed by atoms with van der Waals surface area (Å²) in [6.45, 7) is 0. The Morgan fingerprint density at radius 1 is 0.273 bits per heavy atom. The smallest absolute Gasteiger partial charge is 0.188 e. The molecule has 11 aromatic carbocycles. The third-order valence-electron chi connectivity index (χ3n) is 14.2. The van der Waals surface area contributed by atoms with Crippen LogP contribution in [0, 0.1) is 0 Å². The maximum atomic E-state index is 7.09. The first kappa shape index (κ1) is 38.4. The highest BCUT2D eigenvalue weighted by Gasteiger charge is 2.59. The van der Waals surface area contributed by atoms with Gasteiger partial charge in [0.25, 0.3) is 0 Å². The minimum absolute atomic E-state index is 0.923. The topological polar surface area (TPSA) is 12.5 Å². The molecule has 0 unspecified atom stereocenters. The molecular formula is C62H43NOSi2. The van der Waals surface area contributed by atoms with Gasteiger partial charge in [0, 0.05) is 17.1 Å². The van der Waals surface area contributed by atoms with Crippen LogP contribution in [0.15, 0.2) is 261 Å². The third kappa shape index (κ3) is 5.65. The van der Waals surface area contributed by atoms with Crippen molar-refractivity contribution in [1.29, 1.82) is 0 Å². The van der Waals surface area contributed by atoms with Crippen molar-refractivity contribution in [3.63, 3.8) is 0 Å². The highest BCUT2D eigenvalue weighted by molar-refractivity contribution is 7.33. The van der Waals surface area contributed by atoms with E-state index in [9.17, 15) is 0 Å². The fourth-order valence-corrected chi connectivity index (χ4v) is 23.8. The Labute approximate surface area is 387 Å². The molecule has 0 saturated carbocycles. The average Bonchev–Trinajstić information content (AvgIpc) is 3.40. The zero-order valence-electron chi connectivity index (χ0n) is 36.2. The van der Waals surface area contributed by atoms with E-state index < -0.39 is 16.1 Å². The fourth-order valence-electron chi connectivity index (χ4n) is 11.5. The Bertz CT molecular complexity index is 3540. The normalized spacial score (nSPS) is 13.8. The van der Waals surface area contributed by atoms with Crippen molar-refractivity contribution in [2.24, 2.45) is 0 Å². The second-order valence-electron chi connectivity index (χ2n) is 17.5. The zero-order chi connectivity index (χ0) is 43.7. The number of benzene rings is 11. The van der Waals surface area contributed by atoms with Crippen LogP contribution >= 0.6 is 0 Å². The van der Waals surface area contributed by atoms with Gasteiger partial charge in [0.05, 0.1) is 0 Å². The van der Waals surface area contributed by atoms with Gasteiger partial charge in [-0.2, -0.15) is 0 Å². The highest BCUT2D eigenvalue weighted by atomic mass is 28.3. The van der Waals surface area contributed by atoms with Crippen LogP contribution in [0.1, 0.15) is 0 Å². The van der Waals surface area contributed by atoms with Crippen molar-refractivity contribution in [1.82, 2.24) is 0 Å². The van der Waals surface area contributed by atoms with Crippen molar-refractivity contribution in [2.75, 3.05) is 4.90 Å². The number of hydrogen-bond donors (Lipinski definition) is 0. The lowest BCUT2D eigenvalue weighted by atomic mass is 10.0. The largest absolute Gasteiger partial charge is 0.458 e. The van der Waals surface area contributed by atoms with Gasteiger partial charge in [0.1, 0.15) is 11.5 Å². The second-order valence-corrected chi connectivity index (χ2v) is 24.9. The van der Waals surface area contributed by atoms with Gasteiger partial charge in [-0.05, 0) is 123 Å². The summed E-state index contributed by atoms with van der Waals surface area (Å²) >= 11 is 0. The third-order valence-corrected chi connectivity index (χ3v) is 24.5. The summed E-state index contributed by atoms with van der Waals surface area (Å²) in [5.41, 5.74) is 5.66. The molecule has 2 aliphatic rings. The molecule has 0 aromatic heterocycles. The fraction of sp³-hybridized carbons (Fsp3) is 0. The van der Waals surface area contributed by atoms with Crippen molar-refractivity contribution in [3.8, 4) is 22.6 Å². The molecule has 0 saturated heterocycles. The van der Waals surface area contributed by atoms with Gasteiger partial charge in [-0.1, -0.05) is 212 Å². The molecule has 2 nitrogen and oxygen atoms in total. The van der Waals surface area contributed by atoms with Crippen LogP contribution in [0.3, 0.4) is 0 Å². The van der Waals surface area contributed by atoms with Crippen LogP contribution in [0.25, 0.3) is 32.7 Å². The van der Waals surface area contributed by atoms with E-state index in [1.807, 2.05) is 0 Å². The van der Waals surface area contributed by atoms with E-state index in [-0.39, 0.29) is 0 Å². The number of hydrogen-bond acceptors (Lipinski definition) is 2. The molecule has 0 N–H and O–H groups in total. The molecule has 4 heteroatoms. The van der Waals surface area contributed by atoms with Gasteiger partial charge in [-0.15, -0.1) is 0 Å². The second kappa shape index (κ2) is 15.3. The Morgan fingerprint density at radius 3 is 1.39 bits per heavy atom. The Kier molecular flexibility index (Phi) is 8.92. The van der Waals surface area contributed by atoms with Crippen LogP contribution in [0.2, 0.25) is 0 Å². The molecular weight excluding hydrogens is 831 g/mol. The molecule has 0 aliphatic carbocycles. The van der Waals surface area contributed by atoms with Gasteiger partial charge < -0.3 is 9.64 Å². The van der Waals surface area contributed by atoms with E-state index in [1.54, 1.807) is 0 Å². The first-order valence-electron chi connectivity index (χ1n) is 22.8. The maximum absolute atomic E-state index is 7.09. The summed E-state index contributed by atoms with van der Waals surface area (Å²) in [6, 6.07) is 97.4. The van der Waals surface area contributed by atoms with Crippen LogP contribution < -0.4 is 51.1 Å². The quantitative estimate of drug-likeness (QED) is 0.122. The summed E-state index contributed by atoms with van der Waals surface area (Å²) in [5, 5.41) is 16.1. The van der Waals surface area contributed by atoms with E-state index in [0.29, 0.717) is 0 Å². The molecule has 2 heterocycles. The number of para-hydroxylation sites is 1. The van der Waals surface area contributed by atoms with Gasteiger partial charge in [-0.3, -0.25) is 0 Å². The first-order chi connectivity index (χ1) is 32.7. The molecule has 1 spiro atoms. The van der Waals surface area contributed by atoms with Crippen molar-refractivity contribution >= 4 is 96.2 Å². The van der Waals surface area contributed by atoms with Crippen LogP contribution in [0.5, 0.6) is 11.5 Å². The number of anilines is 3. The molecule has 0 amide bonds. The number of rotatable bonds is 6. The number of fused-ring (bicyclic) bond motifs is 11. The maximum Gasteiger partial charge on any atom is 0.188 e. The molecule has 0 bridgehead atoms. The molecule has 0 fully saturated rings. The summed E-state index contributed by atoms with van der Waals surface area (Å²) < 4.78 is 7.09. The Hall–Kier alpha value is -8.03. The van der Waals surface area contributed by atoms with E-state index in [2.05, 4.69) is 266 Å². The average molecular weight is 874 g/mol. The van der Waals surface area contributed by atoms with Crippen LogP contribution in [-0.4, -0.2) is 16.1 Å². The van der Waals surface area contributed by atoms with E-state index in [0.717, 1.165) is 28.6 Å². The molecule has 13 rings (SSSR count). The van der Waals surface area contributed by atoms with E-state index in [1.165, 1.54) is 74.2 Å². The molecule has 11 aromatic rings. The predicted molar refractivity (Wildman–Crippen MR) is 282 cm³/mol. The van der Waals surface area contributed by atoms with Gasteiger partial charge in [0.15, 0.2) is 16.1 Å². The minimum Gasteiger partial charge on any atom is -0.458 e. The van der Waals surface area contributed by atoms with Gasteiger partial charge in [0.2, 0.25) is 0 Å². The van der Waals surface area contributed by atoms with E-state index >= 15 is 0 Å². The number of ether oxygens (including phenoxy) is 1. The Balaban J connectivity index is 1.09. The van der Waals surface area contributed by atoms with Crippen LogP contribution in [0.4, 0.5) is 17.1 Å². The Morgan fingerprint density at radius 2 is 0.727 bits per heavy atom. The lowest BCUT2D eigenvalue weighted by Gasteiger charge is -2.50. The lowest BCUT2D eigenvalue weighted by Crippen LogP contribution is -2.93. The highest BCUT2D eigenvalue weighted by Crippen LogP contribution is 2.40. The molecule has 2 aliphatic heterocycles. The summed E-state index contributed by atoms with van der Waals surface area (Å²) in [7, 11) is -6.00. The van der Waals surface area contributed by atoms with Crippen molar-refractivity contribution in [2.45, 2.75) is 0 Å². The summed E-state index contributed by atoms with van der Waals surface area (Å²) in [6.07, 6.45) is 0. The monoisotopic (exact) mass is 873 g/mol. The molecule has 66 heavy (non-hydrogen) atoms. The molecule has 0 radical (unpaired) electrons. The van der Waals surface area contributed by atoms with Crippen molar-refractivity contribution < 1.29 is 4.74 Å². The SMILES string of the molecule is c1ccc(-c2ccc(N(c3ccc4c(c3)[Si]3(c5ccccc5O4)c4ccccc4[Si](c4ccccc4)(c4ccccc4)c4ccccc43)c3ccc4c(ccc5ccccc54)c3)cc2)cc1. The summed E-state index contributed by atoms with van der Waals surface area (Å²) in [4.78, 5) is 2.44.